The van der Waals surface area contributed by atoms with E-state index >= 15 is 0 Å². The molecule has 0 aromatic carbocycles. The lowest BCUT2D eigenvalue weighted by Gasteiger charge is -2.12. The molecule has 0 bridgehead atoms. The Morgan fingerprint density at radius 2 is 2.04 bits per heavy atom. The number of aromatic nitrogens is 2. The maximum Gasteiger partial charge on any atom is 0.417 e. The van der Waals surface area contributed by atoms with Crippen LogP contribution in [0.2, 0.25) is 0 Å². The van der Waals surface area contributed by atoms with Gasteiger partial charge in [-0.05, 0) is 19.9 Å². The molecular formula is C16H20F3N5OS. The average Bonchev–Trinajstić information content (AvgIpc) is 2.91. The van der Waals surface area contributed by atoms with Crippen molar-refractivity contribution in [2.24, 2.45) is 4.99 Å². The first-order chi connectivity index (χ1) is 12.3. The van der Waals surface area contributed by atoms with Crippen LogP contribution in [0.4, 0.5) is 13.2 Å². The van der Waals surface area contributed by atoms with Crippen LogP contribution < -0.4 is 15.4 Å². The van der Waals surface area contributed by atoms with Gasteiger partial charge in [-0.25, -0.2) is 9.97 Å². The maximum absolute atomic E-state index is 12.5. The number of nitrogens with zero attached hydrogens (tertiary/aromatic N) is 3. The van der Waals surface area contributed by atoms with Crippen LogP contribution in [-0.2, 0) is 12.7 Å². The molecule has 0 aliphatic heterocycles. The summed E-state index contributed by atoms with van der Waals surface area (Å²) >= 11 is 1.63. The number of aryl methyl sites for hydroxylation is 2. The minimum atomic E-state index is -4.40. The van der Waals surface area contributed by atoms with E-state index in [0.29, 0.717) is 19.0 Å². The number of halogens is 3. The number of ether oxygens (including phenoxy) is 1. The topological polar surface area (TPSA) is 71.4 Å². The summed E-state index contributed by atoms with van der Waals surface area (Å²) in [4.78, 5) is 13.3. The fourth-order valence-electron chi connectivity index (χ4n) is 2.08. The number of hydrogen-bond donors (Lipinski definition) is 2. The molecule has 26 heavy (non-hydrogen) atoms. The lowest BCUT2D eigenvalue weighted by atomic mass is 10.3. The molecule has 2 aromatic heterocycles. The molecule has 0 saturated heterocycles. The van der Waals surface area contributed by atoms with Gasteiger partial charge in [0.15, 0.2) is 5.96 Å². The molecule has 2 rings (SSSR count). The van der Waals surface area contributed by atoms with Gasteiger partial charge in [-0.3, -0.25) is 4.99 Å². The van der Waals surface area contributed by atoms with Gasteiger partial charge in [0.25, 0.3) is 0 Å². The smallest absolute Gasteiger partial charge is 0.417 e. The second kappa shape index (κ2) is 8.84. The van der Waals surface area contributed by atoms with Gasteiger partial charge in [-0.2, -0.15) is 13.2 Å². The van der Waals surface area contributed by atoms with E-state index in [1.165, 1.54) is 6.07 Å². The van der Waals surface area contributed by atoms with Gasteiger partial charge in [-0.15, -0.1) is 11.3 Å². The lowest BCUT2D eigenvalue weighted by molar-refractivity contribution is -0.137. The number of hydrogen-bond acceptors (Lipinski definition) is 5. The molecule has 2 aromatic rings. The Bertz CT molecular complexity index is 743. The van der Waals surface area contributed by atoms with Gasteiger partial charge in [0.1, 0.15) is 6.61 Å². The molecule has 0 aliphatic rings. The number of alkyl halides is 3. The Morgan fingerprint density at radius 1 is 1.27 bits per heavy atom. The quantitative estimate of drug-likeness (QED) is 0.453. The van der Waals surface area contributed by atoms with E-state index < -0.39 is 11.7 Å². The van der Waals surface area contributed by atoms with Crippen molar-refractivity contribution in [1.29, 1.82) is 0 Å². The summed E-state index contributed by atoms with van der Waals surface area (Å²) in [5.74, 6) is 0.734. The number of pyridine rings is 1. The van der Waals surface area contributed by atoms with Crippen molar-refractivity contribution in [3.63, 3.8) is 0 Å². The second-order valence-corrected chi connectivity index (χ2v) is 6.61. The molecule has 2 N–H and O–H groups in total. The lowest BCUT2D eigenvalue weighted by Crippen LogP contribution is -2.38. The largest absolute Gasteiger partial charge is 0.476 e. The predicted octanol–water partition coefficient (Wildman–Crippen LogP) is 2.92. The molecule has 0 aliphatic carbocycles. The molecule has 0 fully saturated rings. The fraction of sp³-hybridized carbons (Fsp3) is 0.438. The van der Waals surface area contributed by atoms with E-state index in [1.807, 2.05) is 13.8 Å². The van der Waals surface area contributed by atoms with Gasteiger partial charge in [-0.1, -0.05) is 0 Å². The monoisotopic (exact) mass is 387 g/mol. The molecule has 0 radical (unpaired) electrons. The molecule has 142 valence electrons. The van der Waals surface area contributed by atoms with Crippen LogP contribution in [-0.4, -0.2) is 36.1 Å². The van der Waals surface area contributed by atoms with E-state index in [1.54, 1.807) is 18.4 Å². The van der Waals surface area contributed by atoms with Crippen molar-refractivity contribution in [3.8, 4) is 5.88 Å². The summed E-state index contributed by atoms with van der Waals surface area (Å²) in [6, 6.07) is 2.14. The highest BCUT2D eigenvalue weighted by molar-refractivity contribution is 7.11. The van der Waals surface area contributed by atoms with Crippen molar-refractivity contribution >= 4 is 17.3 Å². The van der Waals surface area contributed by atoms with Gasteiger partial charge in [0.2, 0.25) is 5.88 Å². The number of aliphatic imine (C=N–C) groups is 1. The molecule has 6 nitrogen and oxygen atoms in total. The number of nitrogens with one attached hydrogen (secondary N) is 2. The van der Waals surface area contributed by atoms with Crippen molar-refractivity contribution in [2.75, 3.05) is 20.2 Å². The first-order valence-corrected chi connectivity index (χ1v) is 8.64. The van der Waals surface area contributed by atoms with Crippen LogP contribution in [0.25, 0.3) is 0 Å². The van der Waals surface area contributed by atoms with E-state index in [4.69, 9.17) is 4.74 Å². The Balaban J connectivity index is 1.73. The van der Waals surface area contributed by atoms with Crippen molar-refractivity contribution in [3.05, 3.63) is 39.5 Å². The normalized spacial score (nSPS) is 12.2. The van der Waals surface area contributed by atoms with Crippen LogP contribution in [0.1, 0.15) is 21.1 Å². The van der Waals surface area contributed by atoms with E-state index in [-0.39, 0.29) is 12.5 Å². The van der Waals surface area contributed by atoms with E-state index in [0.717, 1.165) is 27.8 Å². The summed E-state index contributed by atoms with van der Waals surface area (Å²) in [7, 11) is 1.65. The summed E-state index contributed by atoms with van der Waals surface area (Å²) in [6.07, 6.45) is -3.65. The zero-order valence-electron chi connectivity index (χ0n) is 14.6. The van der Waals surface area contributed by atoms with Crippen molar-refractivity contribution in [2.45, 2.75) is 26.6 Å². The fourth-order valence-corrected chi connectivity index (χ4v) is 2.96. The standard InChI is InChI=1S/C16H20F3N5OS/c1-10-13(26-11(2)24-10)9-23-15(20-3)21-6-7-25-14-5-4-12(8-22-14)16(17,18)19/h4-5,8H,6-7,9H2,1-3H3,(H2,20,21,23). The second-order valence-electron chi connectivity index (χ2n) is 5.33. The average molecular weight is 387 g/mol. The summed E-state index contributed by atoms with van der Waals surface area (Å²) < 4.78 is 42.7. The van der Waals surface area contributed by atoms with E-state index in [9.17, 15) is 13.2 Å². The number of guanidine groups is 1. The van der Waals surface area contributed by atoms with Crippen LogP contribution in [0.3, 0.4) is 0 Å². The minimum absolute atomic E-state index is 0.138. The third kappa shape index (κ3) is 5.87. The SMILES string of the molecule is CN=C(NCCOc1ccc(C(F)(F)F)cn1)NCc1sc(C)nc1C. The van der Waals surface area contributed by atoms with Gasteiger partial charge in [0.05, 0.1) is 29.4 Å². The molecule has 0 unspecified atom stereocenters. The third-order valence-electron chi connectivity index (χ3n) is 3.35. The molecule has 2 heterocycles. The summed E-state index contributed by atoms with van der Waals surface area (Å²) in [6.45, 7) is 5.18. The first-order valence-electron chi connectivity index (χ1n) is 7.83. The Morgan fingerprint density at radius 3 is 2.58 bits per heavy atom. The Kier molecular flexibility index (Phi) is 6.78. The summed E-state index contributed by atoms with van der Waals surface area (Å²) in [5, 5.41) is 7.25. The molecular weight excluding hydrogens is 367 g/mol. The highest BCUT2D eigenvalue weighted by Gasteiger charge is 2.30. The summed E-state index contributed by atoms with van der Waals surface area (Å²) in [5.41, 5.74) is 0.188. The highest BCUT2D eigenvalue weighted by Crippen LogP contribution is 2.29. The number of rotatable bonds is 6. The van der Waals surface area contributed by atoms with Gasteiger partial charge in [0, 0.05) is 24.2 Å². The van der Waals surface area contributed by atoms with Crippen LogP contribution in [0, 0.1) is 13.8 Å². The highest BCUT2D eigenvalue weighted by atomic mass is 32.1. The van der Waals surface area contributed by atoms with E-state index in [2.05, 4.69) is 25.6 Å². The van der Waals surface area contributed by atoms with Crippen LogP contribution in [0.5, 0.6) is 5.88 Å². The molecule has 10 heteroatoms. The first kappa shape index (κ1) is 20.0. The van der Waals surface area contributed by atoms with Gasteiger partial charge < -0.3 is 15.4 Å². The predicted molar refractivity (Wildman–Crippen MR) is 94.5 cm³/mol. The molecule has 0 atom stereocenters. The zero-order valence-corrected chi connectivity index (χ0v) is 15.5. The number of thiazole rings is 1. The molecule has 0 amide bonds. The Hall–Kier alpha value is -2.36. The van der Waals surface area contributed by atoms with Gasteiger partial charge >= 0.3 is 6.18 Å². The van der Waals surface area contributed by atoms with Crippen LogP contribution >= 0.6 is 11.3 Å². The molecule has 0 saturated carbocycles. The van der Waals surface area contributed by atoms with Crippen molar-refractivity contribution in [1.82, 2.24) is 20.6 Å². The molecule has 0 spiro atoms. The third-order valence-corrected chi connectivity index (χ3v) is 4.42. The Labute approximate surface area is 153 Å². The zero-order chi connectivity index (χ0) is 19.2. The van der Waals surface area contributed by atoms with Crippen molar-refractivity contribution < 1.29 is 17.9 Å². The van der Waals surface area contributed by atoms with Crippen LogP contribution in [0.15, 0.2) is 23.3 Å². The minimum Gasteiger partial charge on any atom is -0.476 e. The maximum atomic E-state index is 12.5.